The summed E-state index contributed by atoms with van der Waals surface area (Å²) in [5.41, 5.74) is 1.88. The van der Waals surface area contributed by atoms with Crippen LogP contribution in [-0.2, 0) is 10.5 Å². The highest BCUT2D eigenvalue weighted by atomic mass is 32.2. The van der Waals surface area contributed by atoms with Crippen molar-refractivity contribution >= 4 is 35.1 Å². The minimum absolute atomic E-state index is 0.0482. The Balaban J connectivity index is 1.84. The zero-order valence-corrected chi connectivity index (χ0v) is 15.0. The van der Waals surface area contributed by atoms with E-state index in [4.69, 9.17) is 10.00 Å². The van der Waals surface area contributed by atoms with E-state index in [0.29, 0.717) is 11.5 Å². The highest BCUT2D eigenvalue weighted by Crippen LogP contribution is 2.27. The van der Waals surface area contributed by atoms with E-state index in [2.05, 4.69) is 11.4 Å². The van der Waals surface area contributed by atoms with E-state index in [9.17, 15) is 4.79 Å². The van der Waals surface area contributed by atoms with Crippen LogP contribution in [0.1, 0.15) is 5.56 Å². The van der Waals surface area contributed by atoms with Gasteiger partial charge in [0, 0.05) is 10.6 Å². The number of anilines is 1. The van der Waals surface area contributed by atoms with E-state index in [1.165, 1.54) is 11.8 Å². The fraction of sp³-hybridized carbons (Fsp3) is 0.222. The van der Waals surface area contributed by atoms with E-state index >= 15 is 0 Å². The van der Waals surface area contributed by atoms with Crippen molar-refractivity contribution in [1.29, 1.82) is 5.26 Å². The summed E-state index contributed by atoms with van der Waals surface area (Å²) >= 11 is 2.97. The molecule has 0 aliphatic heterocycles. The Morgan fingerprint density at radius 1 is 1.25 bits per heavy atom. The van der Waals surface area contributed by atoms with Crippen molar-refractivity contribution in [3.63, 3.8) is 0 Å². The Morgan fingerprint density at radius 3 is 2.88 bits per heavy atom. The molecule has 124 valence electrons. The van der Waals surface area contributed by atoms with Crippen molar-refractivity contribution in [2.24, 2.45) is 0 Å². The van der Waals surface area contributed by atoms with Gasteiger partial charge in [-0.05, 0) is 29.8 Å². The summed E-state index contributed by atoms with van der Waals surface area (Å²) in [5, 5.41) is 11.6. The van der Waals surface area contributed by atoms with Gasteiger partial charge in [-0.25, -0.2) is 0 Å². The molecule has 0 aromatic heterocycles. The van der Waals surface area contributed by atoms with Crippen molar-refractivity contribution < 1.29 is 9.53 Å². The molecule has 0 saturated heterocycles. The van der Waals surface area contributed by atoms with Crippen LogP contribution in [0.3, 0.4) is 0 Å². The summed E-state index contributed by atoms with van der Waals surface area (Å²) in [5.74, 6) is 2.25. The van der Waals surface area contributed by atoms with Crippen LogP contribution in [0.4, 0.5) is 5.69 Å². The van der Waals surface area contributed by atoms with E-state index in [-0.39, 0.29) is 5.91 Å². The topological polar surface area (TPSA) is 62.1 Å². The van der Waals surface area contributed by atoms with Crippen LogP contribution in [0.2, 0.25) is 0 Å². The molecule has 0 spiro atoms. The fourth-order valence-electron chi connectivity index (χ4n) is 2.02. The lowest BCUT2D eigenvalue weighted by Gasteiger charge is -2.09. The van der Waals surface area contributed by atoms with Crippen molar-refractivity contribution in [3.8, 4) is 11.8 Å². The van der Waals surface area contributed by atoms with E-state index in [1.54, 1.807) is 18.9 Å². The molecule has 2 aromatic rings. The fourth-order valence-corrected chi connectivity index (χ4v) is 3.46. The van der Waals surface area contributed by atoms with Gasteiger partial charge < -0.3 is 10.1 Å². The van der Waals surface area contributed by atoms with E-state index in [1.807, 2.05) is 48.5 Å². The quantitative estimate of drug-likeness (QED) is 0.717. The number of amides is 1. The Morgan fingerprint density at radius 2 is 2.08 bits per heavy atom. The second-order valence-corrected chi connectivity index (χ2v) is 6.84. The molecular formula is C18H18N2O2S2. The van der Waals surface area contributed by atoms with Gasteiger partial charge in [0.25, 0.3) is 0 Å². The summed E-state index contributed by atoms with van der Waals surface area (Å²) in [6.07, 6.45) is 0. The number of nitrogens with zero attached hydrogens (tertiary/aromatic N) is 1. The van der Waals surface area contributed by atoms with Gasteiger partial charge in [-0.1, -0.05) is 24.3 Å². The van der Waals surface area contributed by atoms with Crippen molar-refractivity contribution in [2.75, 3.05) is 23.9 Å². The number of hydrogen-bond acceptors (Lipinski definition) is 5. The molecule has 0 aliphatic carbocycles. The second-order valence-electron chi connectivity index (χ2n) is 4.84. The highest BCUT2D eigenvalue weighted by molar-refractivity contribution is 7.99. The van der Waals surface area contributed by atoms with Gasteiger partial charge in [0.05, 0.1) is 30.4 Å². The predicted molar refractivity (Wildman–Crippen MR) is 101 cm³/mol. The number of thioether (sulfide) groups is 2. The highest BCUT2D eigenvalue weighted by Gasteiger charge is 2.07. The molecule has 1 N–H and O–H groups in total. The van der Waals surface area contributed by atoms with E-state index < -0.39 is 0 Å². The van der Waals surface area contributed by atoms with Crippen LogP contribution in [0, 0.1) is 11.3 Å². The number of benzene rings is 2. The molecule has 0 radical (unpaired) electrons. The van der Waals surface area contributed by atoms with Crippen LogP contribution in [-0.4, -0.2) is 24.5 Å². The lowest BCUT2D eigenvalue weighted by atomic mass is 10.2. The summed E-state index contributed by atoms with van der Waals surface area (Å²) in [6, 6.07) is 17.4. The maximum absolute atomic E-state index is 12.1. The molecule has 2 aromatic carbocycles. The number of ether oxygens (including phenoxy) is 1. The molecule has 1 amide bonds. The SMILES string of the molecule is COc1cccc(CSCC(=O)Nc2ccccc2SCC#N)c1. The number of carbonyl (C=O) groups is 1. The molecule has 0 unspecified atom stereocenters. The number of nitrogens with one attached hydrogen (secondary N) is 1. The monoisotopic (exact) mass is 358 g/mol. The van der Waals surface area contributed by atoms with Gasteiger partial charge in [-0.3, -0.25) is 4.79 Å². The minimum atomic E-state index is -0.0482. The van der Waals surface area contributed by atoms with Crippen LogP contribution >= 0.6 is 23.5 Å². The third-order valence-electron chi connectivity index (χ3n) is 3.09. The zero-order chi connectivity index (χ0) is 17.2. The first kappa shape index (κ1) is 18.2. The van der Waals surface area contributed by atoms with Crippen LogP contribution in [0.15, 0.2) is 53.4 Å². The lowest BCUT2D eigenvalue weighted by Crippen LogP contribution is -2.14. The summed E-state index contributed by atoms with van der Waals surface area (Å²) in [6.45, 7) is 0. The van der Waals surface area contributed by atoms with Crippen LogP contribution < -0.4 is 10.1 Å². The molecule has 0 aliphatic rings. The van der Waals surface area contributed by atoms with Crippen molar-refractivity contribution in [2.45, 2.75) is 10.6 Å². The second kappa shape index (κ2) is 9.91. The Labute approximate surface area is 150 Å². The van der Waals surface area contributed by atoms with Gasteiger partial charge in [0.1, 0.15) is 5.75 Å². The molecule has 2 rings (SSSR count). The number of carbonyl (C=O) groups excluding carboxylic acids is 1. The average Bonchev–Trinajstić information content (AvgIpc) is 2.61. The molecule has 24 heavy (non-hydrogen) atoms. The number of methoxy groups -OCH3 is 1. The molecule has 0 fully saturated rings. The molecule has 4 nitrogen and oxygen atoms in total. The molecule has 6 heteroatoms. The summed E-state index contributed by atoms with van der Waals surface area (Å²) in [4.78, 5) is 13.0. The smallest absolute Gasteiger partial charge is 0.234 e. The van der Waals surface area contributed by atoms with Crippen LogP contribution in [0.5, 0.6) is 5.75 Å². The largest absolute Gasteiger partial charge is 0.497 e. The number of nitriles is 1. The van der Waals surface area contributed by atoms with Crippen molar-refractivity contribution in [3.05, 3.63) is 54.1 Å². The molecule has 0 bridgehead atoms. The van der Waals surface area contributed by atoms with Gasteiger partial charge in [0.2, 0.25) is 5.91 Å². The normalized spacial score (nSPS) is 10.0. The van der Waals surface area contributed by atoms with Gasteiger partial charge >= 0.3 is 0 Å². The lowest BCUT2D eigenvalue weighted by molar-refractivity contribution is -0.113. The first-order valence-electron chi connectivity index (χ1n) is 7.32. The Bertz CT molecular complexity index is 729. The third kappa shape index (κ3) is 5.84. The summed E-state index contributed by atoms with van der Waals surface area (Å²) in [7, 11) is 1.64. The average molecular weight is 358 g/mol. The first-order valence-corrected chi connectivity index (χ1v) is 9.46. The molecule has 0 saturated carbocycles. The number of rotatable bonds is 8. The van der Waals surface area contributed by atoms with Crippen LogP contribution in [0.25, 0.3) is 0 Å². The minimum Gasteiger partial charge on any atom is -0.497 e. The Hall–Kier alpha value is -2.10. The maximum Gasteiger partial charge on any atom is 0.234 e. The molecule has 0 atom stereocenters. The standard InChI is InChI=1S/C18H18N2O2S2/c1-22-15-6-4-5-14(11-15)12-23-13-18(21)20-16-7-2-3-8-17(16)24-10-9-19/h2-8,11H,10,12-13H2,1H3,(H,20,21). The number of hydrogen-bond donors (Lipinski definition) is 1. The predicted octanol–water partition coefficient (Wildman–Crippen LogP) is 4.18. The zero-order valence-electron chi connectivity index (χ0n) is 13.3. The molecule has 0 heterocycles. The number of para-hydroxylation sites is 1. The Kier molecular flexibility index (Phi) is 7.53. The molecular weight excluding hydrogens is 340 g/mol. The van der Waals surface area contributed by atoms with Crippen molar-refractivity contribution in [1.82, 2.24) is 0 Å². The van der Waals surface area contributed by atoms with Gasteiger partial charge in [-0.2, -0.15) is 5.26 Å². The maximum atomic E-state index is 12.1. The first-order chi connectivity index (χ1) is 11.7. The third-order valence-corrected chi connectivity index (χ3v) is 5.03. The van der Waals surface area contributed by atoms with Gasteiger partial charge in [-0.15, -0.1) is 23.5 Å². The summed E-state index contributed by atoms with van der Waals surface area (Å²) < 4.78 is 5.19. The van der Waals surface area contributed by atoms with E-state index in [0.717, 1.165) is 27.6 Å². The van der Waals surface area contributed by atoms with Gasteiger partial charge in [0.15, 0.2) is 0 Å².